The molecule has 0 bridgehead atoms. The minimum atomic E-state index is -0.238. The van der Waals surface area contributed by atoms with E-state index < -0.39 is 0 Å². The van der Waals surface area contributed by atoms with Gasteiger partial charge in [0, 0.05) is 6.20 Å². The molecule has 1 aromatic rings. The van der Waals surface area contributed by atoms with E-state index in [2.05, 4.69) is 4.98 Å². The molecule has 0 saturated carbocycles. The Balaban J connectivity index is 2.69. The van der Waals surface area contributed by atoms with E-state index in [0.29, 0.717) is 24.4 Å². The van der Waals surface area contributed by atoms with E-state index >= 15 is 0 Å². The van der Waals surface area contributed by atoms with E-state index in [0.717, 1.165) is 0 Å². The van der Waals surface area contributed by atoms with E-state index in [4.69, 9.17) is 5.73 Å². The van der Waals surface area contributed by atoms with Crippen molar-refractivity contribution in [1.82, 2.24) is 4.98 Å². The minimum Gasteiger partial charge on any atom is -0.330 e. The number of pyridine rings is 1. The molecular formula is C9H13FN2. The second-order valence-electron chi connectivity index (χ2n) is 3.01. The lowest BCUT2D eigenvalue weighted by molar-refractivity contribution is 0.548. The van der Waals surface area contributed by atoms with Gasteiger partial charge in [-0.1, -0.05) is 6.92 Å². The van der Waals surface area contributed by atoms with Gasteiger partial charge in [0.05, 0.1) is 6.20 Å². The maximum atomic E-state index is 13.0. The zero-order chi connectivity index (χ0) is 8.97. The van der Waals surface area contributed by atoms with Gasteiger partial charge < -0.3 is 5.73 Å². The van der Waals surface area contributed by atoms with Crippen molar-refractivity contribution in [1.29, 1.82) is 0 Å². The van der Waals surface area contributed by atoms with Crippen LogP contribution < -0.4 is 5.73 Å². The van der Waals surface area contributed by atoms with Crippen molar-refractivity contribution >= 4 is 0 Å². The number of hydrogen-bond donors (Lipinski definition) is 1. The third-order valence-corrected chi connectivity index (χ3v) is 1.83. The highest BCUT2D eigenvalue weighted by Gasteiger charge is 2.05. The molecule has 66 valence electrons. The Morgan fingerprint density at radius 1 is 1.67 bits per heavy atom. The zero-order valence-electron chi connectivity index (χ0n) is 7.13. The number of halogens is 1. The van der Waals surface area contributed by atoms with Crippen molar-refractivity contribution in [3.8, 4) is 0 Å². The highest BCUT2D eigenvalue weighted by atomic mass is 19.1. The van der Waals surface area contributed by atoms with Crippen LogP contribution in [0, 0.1) is 11.7 Å². The number of rotatable bonds is 3. The fourth-order valence-corrected chi connectivity index (χ4v) is 1.03. The monoisotopic (exact) mass is 168 g/mol. The van der Waals surface area contributed by atoms with Crippen LogP contribution in [0.1, 0.15) is 12.5 Å². The van der Waals surface area contributed by atoms with Gasteiger partial charge in [0.1, 0.15) is 5.82 Å². The van der Waals surface area contributed by atoms with Crippen molar-refractivity contribution in [3.63, 3.8) is 0 Å². The Kier molecular flexibility index (Phi) is 3.17. The Hall–Kier alpha value is -0.960. The summed E-state index contributed by atoms with van der Waals surface area (Å²) in [5.41, 5.74) is 6.13. The van der Waals surface area contributed by atoms with Crippen molar-refractivity contribution in [2.24, 2.45) is 11.7 Å². The van der Waals surface area contributed by atoms with Gasteiger partial charge in [-0.3, -0.25) is 4.98 Å². The summed E-state index contributed by atoms with van der Waals surface area (Å²) < 4.78 is 13.0. The molecule has 1 heterocycles. The zero-order valence-corrected chi connectivity index (χ0v) is 7.13. The molecule has 1 unspecified atom stereocenters. The molecule has 0 aliphatic heterocycles. The summed E-state index contributed by atoms with van der Waals surface area (Å²) in [5.74, 6) is 0.0831. The smallest absolute Gasteiger partial charge is 0.144 e. The first kappa shape index (κ1) is 9.13. The van der Waals surface area contributed by atoms with E-state index in [1.54, 1.807) is 12.3 Å². The quantitative estimate of drug-likeness (QED) is 0.740. The van der Waals surface area contributed by atoms with Crippen molar-refractivity contribution < 1.29 is 4.39 Å². The standard InChI is InChI=1S/C9H13FN2/c1-7(5-11)4-8-2-3-12-6-9(8)10/h2-3,6-7H,4-5,11H2,1H3. The minimum absolute atomic E-state index is 0.238. The van der Waals surface area contributed by atoms with Gasteiger partial charge in [-0.05, 0) is 30.5 Å². The van der Waals surface area contributed by atoms with Gasteiger partial charge >= 0.3 is 0 Å². The van der Waals surface area contributed by atoms with Crippen LogP contribution in [0.4, 0.5) is 4.39 Å². The molecule has 1 aromatic heterocycles. The lowest BCUT2D eigenvalue weighted by Crippen LogP contribution is -2.13. The summed E-state index contributed by atoms with van der Waals surface area (Å²) in [7, 11) is 0. The predicted octanol–water partition coefficient (Wildman–Crippen LogP) is 1.36. The van der Waals surface area contributed by atoms with Crippen molar-refractivity contribution in [3.05, 3.63) is 29.8 Å². The molecule has 0 spiro atoms. The molecule has 2 N–H and O–H groups in total. The van der Waals surface area contributed by atoms with Gasteiger partial charge in [-0.15, -0.1) is 0 Å². The number of nitrogens with two attached hydrogens (primary N) is 1. The number of hydrogen-bond acceptors (Lipinski definition) is 2. The third kappa shape index (κ3) is 2.27. The summed E-state index contributed by atoms with van der Waals surface area (Å²) in [4.78, 5) is 3.67. The van der Waals surface area contributed by atoms with Crippen molar-refractivity contribution in [2.45, 2.75) is 13.3 Å². The number of aromatic nitrogens is 1. The van der Waals surface area contributed by atoms with Gasteiger partial charge in [-0.2, -0.15) is 0 Å². The molecule has 0 saturated heterocycles. The van der Waals surface area contributed by atoms with E-state index in [9.17, 15) is 4.39 Å². The first-order valence-electron chi connectivity index (χ1n) is 4.02. The van der Waals surface area contributed by atoms with Crippen LogP contribution in [0.15, 0.2) is 18.5 Å². The Labute approximate surface area is 71.6 Å². The molecule has 2 nitrogen and oxygen atoms in total. The van der Waals surface area contributed by atoms with Crippen LogP contribution in [0.3, 0.4) is 0 Å². The molecule has 0 fully saturated rings. The lowest BCUT2D eigenvalue weighted by Gasteiger charge is -2.07. The maximum absolute atomic E-state index is 13.0. The molecule has 0 aliphatic rings. The summed E-state index contributed by atoms with van der Waals surface area (Å²) >= 11 is 0. The Bertz CT molecular complexity index is 250. The van der Waals surface area contributed by atoms with E-state index in [1.807, 2.05) is 6.92 Å². The average molecular weight is 168 g/mol. The molecule has 1 atom stereocenters. The van der Waals surface area contributed by atoms with E-state index in [-0.39, 0.29) is 5.82 Å². The van der Waals surface area contributed by atoms with Gasteiger partial charge in [0.25, 0.3) is 0 Å². The Morgan fingerprint density at radius 3 is 3.00 bits per heavy atom. The SMILES string of the molecule is CC(CN)Cc1ccncc1F. The van der Waals surface area contributed by atoms with Crippen molar-refractivity contribution in [2.75, 3.05) is 6.54 Å². The van der Waals surface area contributed by atoms with Gasteiger partial charge in [0.2, 0.25) is 0 Å². The second-order valence-corrected chi connectivity index (χ2v) is 3.01. The van der Waals surface area contributed by atoms with Crippen LogP contribution in [-0.2, 0) is 6.42 Å². The number of nitrogens with zero attached hydrogens (tertiary/aromatic N) is 1. The normalized spacial score (nSPS) is 12.9. The third-order valence-electron chi connectivity index (χ3n) is 1.83. The molecule has 0 amide bonds. The molecular weight excluding hydrogens is 155 g/mol. The fourth-order valence-electron chi connectivity index (χ4n) is 1.03. The summed E-state index contributed by atoms with van der Waals surface area (Å²) in [6.07, 6.45) is 3.52. The van der Waals surface area contributed by atoms with Gasteiger partial charge in [-0.25, -0.2) is 4.39 Å². The van der Waals surface area contributed by atoms with Crippen LogP contribution in [0.2, 0.25) is 0 Å². The summed E-state index contributed by atoms with van der Waals surface area (Å²) in [5, 5.41) is 0. The predicted molar refractivity (Wildman–Crippen MR) is 46.1 cm³/mol. The molecule has 3 heteroatoms. The molecule has 12 heavy (non-hydrogen) atoms. The molecule has 0 aliphatic carbocycles. The fraction of sp³-hybridized carbons (Fsp3) is 0.444. The van der Waals surface area contributed by atoms with E-state index in [1.165, 1.54) is 6.20 Å². The van der Waals surface area contributed by atoms with Crippen LogP contribution in [-0.4, -0.2) is 11.5 Å². The van der Waals surface area contributed by atoms with Crippen LogP contribution in [0.5, 0.6) is 0 Å². The summed E-state index contributed by atoms with van der Waals surface area (Å²) in [6.45, 7) is 2.58. The Morgan fingerprint density at radius 2 is 2.42 bits per heavy atom. The summed E-state index contributed by atoms with van der Waals surface area (Å²) in [6, 6.07) is 1.70. The van der Waals surface area contributed by atoms with Crippen LogP contribution in [0.25, 0.3) is 0 Å². The molecule has 0 radical (unpaired) electrons. The van der Waals surface area contributed by atoms with Gasteiger partial charge in [0.15, 0.2) is 0 Å². The first-order valence-corrected chi connectivity index (χ1v) is 4.02. The highest BCUT2D eigenvalue weighted by molar-refractivity contribution is 5.12. The maximum Gasteiger partial charge on any atom is 0.144 e. The largest absolute Gasteiger partial charge is 0.330 e. The molecule has 1 rings (SSSR count). The highest BCUT2D eigenvalue weighted by Crippen LogP contribution is 2.10. The second kappa shape index (κ2) is 4.16. The molecule has 0 aromatic carbocycles. The van der Waals surface area contributed by atoms with Crippen LogP contribution >= 0.6 is 0 Å². The first-order chi connectivity index (χ1) is 5.74. The topological polar surface area (TPSA) is 38.9 Å². The lowest BCUT2D eigenvalue weighted by atomic mass is 10.0. The average Bonchev–Trinajstić information content (AvgIpc) is 2.09.